The number of carbonyl (C=O) groups is 1. The third-order valence-corrected chi connectivity index (χ3v) is 2.80. The summed E-state index contributed by atoms with van der Waals surface area (Å²) < 4.78 is 5.49. The second-order valence-corrected chi connectivity index (χ2v) is 4.06. The minimum atomic E-state index is -0.900. The number of aliphatic carboxylic acids is 1. The smallest absolute Gasteiger partial charge is 0.331 e. The largest absolute Gasteiger partial charge is 0.488 e. The van der Waals surface area contributed by atoms with Gasteiger partial charge in [0.2, 0.25) is 0 Å². The Hall–Kier alpha value is -2.36. The van der Waals surface area contributed by atoms with Crippen molar-refractivity contribution in [2.75, 3.05) is 6.61 Å². The summed E-state index contributed by atoms with van der Waals surface area (Å²) in [5.41, 5.74) is 1.26. The number of fused-ring (bicyclic) bond motifs is 1. The highest BCUT2D eigenvalue weighted by molar-refractivity contribution is 5.86. The minimum absolute atomic E-state index is 0.232. The summed E-state index contributed by atoms with van der Waals surface area (Å²) in [5, 5.41) is 9.87. The lowest BCUT2D eigenvalue weighted by atomic mass is 10.2. The molecular weight excluding hydrogens is 242 g/mol. The van der Waals surface area contributed by atoms with Crippen LogP contribution in [0.15, 0.2) is 48.2 Å². The first kappa shape index (κ1) is 13.1. The molecule has 1 aromatic carbocycles. The molecule has 4 heteroatoms. The molecule has 0 amide bonds. The third-order valence-electron chi connectivity index (χ3n) is 2.80. The van der Waals surface area contributed by atoms with Crippen molar-refractivity contribution in [3.05, 3.63) is 48.2 Å². The summed E-state index contributed by atoms with van der Waals surface area (Å²) in [4.78, 5) is 15.1. The average Bonchev–Trinajstić information content (AvgIpc) is 2.43. The molecule has 0 aliphatic heterocycles. The van der Waals surface area contributed by atoms with E-state index in [0.29, 0.717) is 17.7 Å². The molecule has 1 N–H and O–H groups in total. The quantitative estimate of drug-likeness (QED) is 0.836. The Bertz CT molecular complexity index is 620. The summed E-state index contributed by atoms with van der Waals surface area (Å²) in [6.07, 6.45) is 3.70. The number of aromatic nitrogens is 1. The molecule has 19 heavy (non-hydrogen) atoms. The molecule has 0 aliphatic rings. The number of benzene rings is 1. The van der Waals surface area contributed by atoms with Crippen molar-refractivity contribution in [1.29, 1.82) is 0 Å². The van der Waals surface area contributed by atoms with E-state index >= 15 is 0 Å². The van der Waals surface area contributed by atoms with Crippen LogP contribution in [0.5, 0.6) is 5.75 Å². The Kier molecular flexibility index (Phi) is 4.13. The molecule has 0 radical (unpaired) electrons. The van der Waals surface area contributed by atoms with E-state index in [9.17, 15) is 4.79 Å². The van der Waals surface area contributed by atoms with E-state index in [2.05, 4.69) is 4.98 Å². The zero-order valence-electron chi connectivity index (χ0n) is 10.7. The molecule has 0 fully saturated rings. The topological polar surface area (TPSA) is 59.4 Å². The number of hydrogen-bond acceptors (Lipinski definition) is 3. The maximum atomic E-state index is 10.8. The fraction of sp³-hybridized carbons (Fsp3) is 0.200. The lowest BCUT2D eigenvalue weighted by Gasteiger charge is -2.05. The summed E-state index contributed by atoms with van der Waals surface area (Å²) in [6.45, 7) is 2.03. The van der Waals surface area contributed by atoms with Gasteiger partial charge >= 0.3 is 5.97 Å². The Morgan fingerprint density at radius 1 is 1.42 bits per heavy atom. The first-order valence-electron chi connectivity index (χ1n) is 6.10. The Morgan fingerprint density at radius 2 is 2.21 bits per heavy atom. The minimum Gasteiger partial charge on any atom is -0.488 e. The van der Waals surface area contributed by atoms with Crippen molar-refractivity contribution in [1.82, 2.24) is 4.98 Å². The monoisotopic (exact) mass is 257 g/mol. The van der Waals surface area contributed by atoms with Crippen molar-refractivity contribution in [3.8, 4) is 5.75 Å². The first-order chi connectivity index (χ1) is 9.20. The molecule has 0 spiro atoms. The van der Waals surface area contributed by atoms with E-state index in [1.807, 2.05) is 30.3 Å². The summed E-state index contributed by atoms with van der Waals surface area (Å²) in [5.74, 6) is -0.265. The lowest BCUT2D eigenvalue weighted by Crippen LogP contribution is -2.03. The van der Waals surface area contributed by atoms with Crippen LogP contribution in [0.4, 0.5) is 0 Å². The number of nitrogens with zero attached hydrogens (tertiary/aromatic N) is 1. The second-order valence-electron chi connectivity index (χ2n) is 4.06. The van der Waals surface area contributed by atoms with Crippen molar-refractivity contribution in [2.24, 2.45) is 0 Å². The van der Waals surface area contributed by atoms with Crippen molar-refractivity contribution < 1.29 is 14.6 Å². The number of pyridine rings is 1. The van der Waals surface area contributed by atoms with Crippen LogP contribution in [0, 0.1) is 0 Å². The highest BCUT2D eigenvalue weighted by Gasteiger charge is 2.03. The highest BCUT2D eigenvalue weighted by atomic mass is 16.5. The molecule has 0 saturated heterocycles. The Labute approximate surface area is 111 Å². The van der Waals surface area contributed by atoms with Crippen LogP contribution in [0.1, 0.15) is 13.3 Å². The Balaban J connectivity index is 2.08. The summed E-state index contributed by atoms with van der Waals surface area (Å²) >= 11 is 0. The predicted octanol–water partition coefficient (Wildman–Crippen LogP) is 3.03. The van der Waals surface area contributed by atoms with Crippen LogP contribution >= 0.6 is 0 Å². The molecular formula is C15H15NO3. The normalized spacial score (nSPS) is 11.5. The summed E-state index contributed by atoms with van der Waals surface area (Å²) in [7, 11) is 0. The standard InChI is InChI=1S/C15H15NO3/c1-2-11(15(17)18)7-8-19-13-9-12-5-3-4-6-14(12)16-10-13/h3-7,9-10H,2,8H2,1H3,(H,17,18)/b11-7-. The zero-order valence-corrected chi connectivity index (χ0v) is 10.7. The van der Waals surface area contributed by atoms with Crippen LogP contribution in [-0.4, -0.2) is 22.7 Å². The van der Waals surface area contributed by atoms with Crippen molar-refractivity contribution >= 4 is 16.9 Å². The first-order valence-corrected chi connectivity index (χ1v) is 6.10. The lowest BCUT2D eigenvalue weighted by molar-refractivity contribution is -0.132. The molecule has 98 valence electrons. The molecule has 1 aromatic heterocycles. The zero-order chi connectivity index (χ0) is 13.7. The van der Waals surface area contributed by atoms with Gasteiger partial charge in [0.15, 0.2) is 0 Å². The maximum Gasteiger partial charge on any atom is 0.331 e. The molecule has 2 aromatic rings. The van der Waals surface area contributed by atoms with E-state index in [1.54, 1.807) is 19.2 Å². The molecule has 4 nitrogen and oxygen atoms in total. The SMILES string of the molecule is CC/C(=C/COc1cnc2ccccc2c1)C(=O)O. The molecule has 0 bridgehead atoms. The molecule has 0 saturated carbocycles. The van der Waals surface area contributed by atoms with Gasteiger partial charge in [-0.3, -0.25) is 4.98 Å². The maximum absolute atomic E-state index is 10.8. The van der Waals surface area contributed by atoms with Crippen LogP contribution in [0.2, 0.25) is 0 Å². The Morgan fingerprint density at radius 3 is 2.95 bits per heavy atom. The number of para-hydroxylation sites is 1. The number of hydrogen-bond donors (Lipinski definition) is 1. The van der Waals surface area contributed by atoms with Gasteiger partial charge in [-0.05, 0) is 24.6 Å². The van der Waals surface area contributed by atoms with Gasteiger partial charge in [-0.1, -0.05) is 25.1 Å². The van der Waals surface area contributed by atoms with Crippen LogP contribution in [0.25, 0.3) is 10.9 Å². The molecule has 1 heterocycles. The predicted molar refractivity (Wildman–Crippen MR) is 73.2 cm³/mol. The van der Waals surface area contributed by atoms with Gasteiger partial charge in [0.1, 0.15) is 12.4 Å². The molecule has 2 rings (SSSR count). The van der Waals surface area contributed by atoms with Gasteiger partial charge in [-0.2, -0.15) is 0 Å². The van der Waals surface area contributed by atoms with Gasteiger partial charge in [0.05, 0.1) is 11.7 Å². The number of carboxylic acid groups (broad SMARTS) is 1. The number of rotatable bonds is 5. The average molecular weight is 257 g/mol. The molecule has 0 aliphatic carbocycles. The van der Waals surface area contributed by atoms with Crippen LogP contribution < -0.4 is 4.74 Å². The fourth-order valence-corrected chi connectivity index (χ4v) is 1.75. The molecule has 0 unspecified atom stereocenters. The van der Waals surface area contributed by atoms with Crippen LogP contribution in [0.3, 0.4) is 0 Å². The van der Waals surface area contributed by atoms with Gasteiger partial charge < -0.3 is 9.84 Å². The van der Waals surface area contributed by atoms with Gasteiger partial charge in [-0.25, -0.2) is 4.79 Å². The van der Waals surface area contributed by atoms with E-state index in [1.165, 1.54) is 0 Å². The van der Waals surface area contributed by atoms with Gasteiger partial charge in [0, 0.05) is 11.0 Å². The van der Waals surface area contributed by atoms with Crippen molar-refractivity contribution in [3.63, 3.8) is 0 Å². The molecule has 0 atom stereocenters. The number of ether oxygens (including phenoxy) is 1. The summed E-state index contributed by atoms with van der Waals surface area (Å²) in [6, 6.07) is 9.65. The fourth-order valence-electron chi connectivity index (χ4n) is 1.75. The second kappa shape index (κ2) is 6.00. The van der Waals surface area contributed by atoms with E-state index < -0.39 is 5.97 Å². The number of carboxylic acids is 1. The van der Waals surface area contributed by atoms with Gasteiger partial charge in [0.25, 0.3) is 0 Å². The third kappa shape index (κ3) is 3.31. The van der Waals surface area contributed by atoms with Crippen molar-refractivity contribution in [2.45, 2.75) is 13.3 Å². The highest BCUT2D eigenvalue weighted by Crippen LogP contribution is 2.17. The van der Waals surface area contributed by atoms with E-state index in [-0.39, 0.29) is 6.61 Å². The van der Waals surface area contributed by atoms with Crippen LogP contribution in [-0.2, 0) is 4.79 Å². The van der Waals surface area contributed by atoms with Gasteiger partial charge in [-0.15, -0.1) is 0 Å². The van der Waals surface area contributed by atoms with E-state index in [4.69, 9.17) is 9.84 Å². The van der Waals surface area contributed by atoms with E-state index in [0.717, 1.165) is 10.9 Å².